The Labute approximate surface area is 154 Å². The zero-order chi connectivity index (χ0) is 17.6. The molecule has 1 aromatic carbocycles. The predicted molar refractivity (Wildman–Crippen MR) is 107 cm³/mol. The van der Waals surface area contributed by atoms with Crippen LogP contribution in [0.5, 0.6) is 0 Å². The zero-order valence-electron chi connectivity index (χ0n) is 14.5. The molecule has 25 heavy (non-hydrogen) atoms. The summed E-state index contributed by atoms with van der Waals surface area (Å²) in [5.74, 6) is -0.0381. The van der Waals surface area contributed by atoms with Gasteiger partial charge in [0.25, 0.3) is 0 Å². The summed E-state index contributed by atoms with van der Waals surface area (Å²) < 4.78 is 1.17. The predicted octanol–water partition coefficient (Wildman–Crippen LogP) is 3.69. The molecule has 1 aliphatic rings. The number of rotatable bonds is 3. The van der Waals surface area contributed by atoms with E-state index in [-0.39, 0.29) is 5.91 Å². The first kappa shape index (κ1) is 16.5. The maximum absolute atomic E-state index is 11.7. The van der Waals surface area contributed by atoms with Gasteiger partial charge < -0.3 is 15.5 Å². The minimum atomic E-state index is -0.0381. The normalized spacial score (nSPS) is 13.7. The summed E-state index contributed by atoms with van der Waals surface area (Å²) in [5.41, 5.74) is 4.60. The molecule has 5 nitrogen and oxygen atoms in total. The van der Waals surface area contributed by atoms with Gasteiger partial charge in [0, 0.05) is 43.7 Å². The molecule has 1 aliphatic heterocycles. The van der Waals surface area contributed by atoms with Crippen molar-refractivity contribution in [3.8, 4) is 10.6 Å². The Morgan fingerprint density at radius 3 is 2.92 bits per heavy atom. The van der Waals surface area contributed by atoms with E-state index >= 15 is 0 Å². The van der Waals surface area contributed by atoms with Crippen LogP contribution in [0.25, 0.3) is 20.8 Å². The average Bonchev–Trinajstić information content (AvgIpc) is 3.13. The van der Waals surface area contributed by atoms with Crippen molar-refractivity contribution in [1.82, 2.24) is 10.3 Å². The first-order valence-corrected chi connectivity index (χ1v) is 9.87. The molecule has 3 heterocycles. The molecule has 0 spiro atoms. The Kier molecular flexibility index (Phi) is 4.23. The highest BCUT2D eigenvalue weighted by Crippen LogP contribution is 2.45. The van der Waals surface area contributed by atoms with E-state index in [9.17, 15) is 4.79 Å². The summed E-state index contributed by atoms with van der Waals surface area (Å²) in [5, 5.41) is 8.34. The van der Waals surface area contributed by atoms with Crippen LogP contribution in [0.3, 0.4) is 0 Å². The minimum absolute atomic E-state index is 0.0381. The standard InChI is InChI=1S/C18H20N4OS2/c1-10(23)20-17-16(12-6-7-19-9-15(12)25-17)18-21-13-8-11(22(2)3)4-5-14(13)24-18/h4-5,8,19H,6-7,9H2,1-3H3,(H,20,23). The lowest BCUT2D eigenvalue weighted by molar-refractivity contribution is -0.114. The number of hydrogen-bond donors (Lipinski definition) is 2. The number of thiazole rings is 1. The van der Waals surface area contributed by atoms with Gasteiger partial charge in [0.15, 0.2) is 0 Å². The van der Waals surface area contributed by atoms with Crippen molar-refractivity contribution in [3.05, 3.63) is 28.6 Å². The van der Waals surface area contributed by atoms with E-state index in [1.807, 2.05) is 14.1 Å². The third kappa shape index (κ3) is 3.03. The van der Waals surface area contributed by atoms with Gasteiger partial charge in [-0.3, -0.25) is 4.79 Å². The van der Waals surface area contributed by atoms with Crippen LogP contribution in [0.4, 0.5) is 10.7 Å². The Balaban J connectivity index is 1.86. The second-order valence-corrected chi connectivity index (χ2v) is 8.52. The molecule has 2 aromatic heterocycles. The Morgan fingerprint density at radius 2 is 2.16 bits per heavy atom. The number of carbonyl (C=O) groups excluding carboxylic acids is 1. The number of thiophene rings is 1. The van der Waals surface area contributed by atoms with Crippen LogP contribution < -0.4 is 15.5 Å². The zero-order valence-corrected chi connectivity index (χ0v) is 16.1. The molecule has 1 amide bonds. The fourth-order valence-electron chi connectivity index (χ4n) is 3.11. The van der Waals surface area contributed by atoms with Crippen molar-refractivity contribution in [1.29, 1.82) is 0 Å². The highest BCUT2D eigenvalue weighted by Gasteiger charge is 2.24. The van der Waals surface area contributed by atoms with Crippen LogP contribution in [0, 0.1) is 0 Å². The molecule has 0 fully saturated rings. The molecule has 130 valence electrons. The SMILES string of the molecule is CC(=O)Nc1sc2c(c1-c1nc3cc(N(C)C)ccc3s1)CCNC2. The monoisotopic (exact) mass is 372 g/mol. The molecule has 4 rings (SSSR count). The van der Waals surface area contributed by atoms with E-state index in [0.717, 1.165) is 46.3 Å². The van der Waals surface area contributed by atoms with Crippen LogP contribution in [-0.2, 0) is 17.8 Å². The van der Waals surface area contributed by atoms with E-state index in [4.69, 9.17) is 4.98 Å². The van der Waals surface area contributed by atoms with E-state index in [1.54, 1.807) is 29.6 Å². The molecule has 2 N–H and O–H groups in total. The molecule has 3 aromatic rings. The molecule has 7 heteroatoms. The fourth-order valence-corrected chi connectivity index (χ4v) is 5.46. The van der Waals surface area contributed by atoms with Gasteiger partial charge in [-0.25, -0.2) is 4.98 Å². The molecule has 0 aliphatic carbocycles. The molecule has 0 saturated carbocycles. The topological polar surface area (TPSA) is 57.3 Å². The first-order valence-electron chi connectivity index (χ1n) is 8.24. The second kappa shape index (κ2) is 6.40. The number of hydrogen-bond acceptors (Lipinski definition) is 6. The lowest BCUT2D eigenvalue weighted by atomic mass is 10.0. The van der Waals surface area contributed by atoms with Crippen molar-refractivity contribution < 1.29 is 4.79 Å². The summed E-state index contributed by atoms with van der Waals surface area (Å²) in [6.07, 6.45) is 0.972. The van der Waals surface area contributed by atoms with Crippen LogP contribution in [0.2, 0.25) is 0 Å². The molecule has 0 saturated heterocycles. The number of aromatic nitrogens is 1. The van der Waals surface area contributed by atoms with Gasteiger partial charge in [-0.2, -0.15) is 0 Å². The highest BCUT2D eigenvalue weighted by molar-refractivity contribution is 7.23. The number of carbonyl (C=O) groups is 1. The molecular formula is C18H20N4OS2. The van der Waals surface area contributed by atoms with Crippen molar-refractivity contribution in [3.63, 3.8) is 0 Å². The van der Waals surface area contributed by atoms with Gasteiger partial charge >= 0.3 is 0 Å². The van der Waals surface area contributed by atoms with Gasteiger partial charge in [0.1, 0.15) is 10.0 Å². The highest BCUT2D eigenvalue weighted by atomic mass is 32.1. The smallest absolute Gasteiger partial charge is 0.221 e. The average molecular weight is 373 g/mol. The summed E-state index contributed by atoms with van der Waals surface area (Å²) in [7, 11) is 4.07. The lowest BCUT2D eigenvalue weighted by Crippen LogP contribution is -2.22. The molecule has 0 bridgehead atoms. The maximum atomic E-state index is 11.7. The maximum Gasteiger partial charge on any atom is 0.221 e. The molecule has 0 unspecified atom stereocenters. The van der Waals surface area contributed by atoms with Gasteiger partial charge in [0.2, 0.25) is 5.91 Å². The van der Waals surface area contributed by atoms with Gasteiger partial charge in [-0.05, 0) is 36.7 Å². The van der Waals surface area contributed by atoms with E-state index in [2.05, 4.69) is 33.7 Å². The molecule has 0 radical (unpaired) electrons. The van der Waals surface area contributed by atoms with Crippen LogP contribution in [-0.4, -0.2) is 31.5 Å². The number of nitrogens with zero attached hydrogens (tertiary/aromatic N) is 2. The minimum Gasteiger partial charge on any atom is -0.378 e. The Hall–Kier alpha value is -1.96. The number of benzene rings is 1. The first-order chi connectivity index (χ1) is 12.0. The molecule has 0 atom stereocenters. The summed E-state index contributed by atoms with van der Waals surface area (Å²) in [6.45, 7) is 3.39. The molecular weight excluding hydrogens is 352 g/mol. The quantitative estimate of drug-likeness (QED) is 0.736. The van der Waals surface area contributed by atoms with Crippen molar-refractivity contribution in [2.24, 2.45) is 0 Å². The third-order valence-corrected chi connectivity index (χ3v) is 6.52. The van der Waals surface area contributed by atoms with Gasteiger partial charge in [0.05, 0.1) is 10.2 Å². The van der Waals surface area contributed by atoms with Gasteiger partial charge in [-0.15, -0.1) is 22.7 Å². The van der Waals surface area contributed by atoms with Crippen LogP contribution in [0.1, 0.15) is 17.4 Å². The summed E-state index contributed by atoms with van der Waals surface area (Å²) in [6, 6.07) is 6.37. The van der Waals surface area contributed by atoms with Crippen molar-refractivity contribution in [2.75, 3.05) is 30.9 Å². The van der Waals surface area contributed by atoms with E-state index in [0.29, 0.717) is 0 Å². The third-order valence-electron chi connectivity index (χ3n) is 4.32. The Morgan fingerprint density at radius 1 is 1.32 bits per heavy atom. The number of amides is 1. The van der Waals surface area contributed by atoms with E-state index < -0.39 is 0 Å². The fraction of sp³-hybridized carbons (Fsp3) is 0.333. The summed E-state index contributed by atoms with van der Waals surface area (Å²) >= 11 is 3.36. The van der Waals surface area contributed by atoms with Gasteiger partial charge in [-0.1, -0.05) is 0 Å². The van der Waals surface area contributed by atoms with Crippen molar-refractivity contribution >= 4 is 49.5 Å². The lowest BCUT2D eigenvalue weighted by Gasteiger charge is -2.13. The van der Waals surface area contributed by atoms with Crippen LogP contribution in [0.15, 0.2) is 18.2 Å². The largest absolute Gasteiger partial charge is 0.378 e. The summed E-state index contributed by atoms with van der Waals surface area (Å²) in [4.78, 5) is 19.9. The Bertz CT molecular complexity index is 958. The second-order valence-electron chi connectivity index (χ2n) is 6.38. The van der Waals surface area contributed by atoms with Crippen LogP contribution >= 0.6 is 22.7 Å². The van der Waals surface area contributed by atoms with E-state index in [1.165, 1.54) is 15.1 Å². The number of nitrogens with one attached hydrogen (secondary N) is 2. The number of fused-ring (bicyclic) bond motifs is 2. The number of anilines is 2. The van der Waals surface area contributed by atoms with Crippen molar-refractivity contribution in [2.45, 2.75) is 19.9 Å².